The highest BCUT2D eigenvalue weighted by Gasteiger charge is 2.40. The van der Waals surface area contributed by atoms with Crippen LogP contribution < -0.4 is 16.6 Å². The molecule has 1 aliphatic heterocycles. The van der Waals surface area contributed by atoms with Crippen molar-refractivity contribution in [2.75, 3.05) is 5.32 Å². The second-order valence-corrected chi connectivity index (χ2v) is 8.22. The van der Waals surface area contributed by atoms with Gasteiger partial charge < -0.3 is 5.32 Å². The molecule has 0 unspecified atom stereocenters. The molecular weight excluding hydrogens is 393 g/mol. The molecule has 3 N–H and O–H groups in total. The first-order valence-electron chi connectivity index (χ1n) is 9.20. The van der Waals surface area contributed by atoms with Crippen LogP contribution in [0, 0.1) is 5.82 Å². The summed E-state index contributed by atoms with van der Waals surface area (Å²) in [7, 11) is 0. The molecule has 2 aromatic heterocycles. The molecule has 8 heteroatoms. The first kappa shape index (κ1) is 17.8. The summed E-state index contributed by atoms with van der Waals surface area (Å²) < 4.78 is 13.5. The fourth-order valence-corrected chi connectivity index (χ4v) is 5.09. The van der Waals surface area contributed by atoms with Gasteiger partial charge in [0.15, 0.2) is 5.78 Å². The van der Waals surface area contributed by atoms with E-state index in [0.29, 0.717) is 29.7 Å². The number of aromatic amines is 2. The molecule has 3 aromatic rings. The number of halogens is 1. The Morgan fingerprint density at radius 2 is 1.79 bits per heavy atom. The molecule has 6 nitrogen and oxygen atoms in total. The minimum absolute atomic E-state index is 0.0397. The van der Waals surface area contributed by atoms with Crippen molar-refractivity contribution in [3.05, 3.63) is 95.7 Å². The Balaban J connectivity index is 1.70. The van der Waals surface area contributed by atoms with Crippen LogP contribution in [0.5, 0.6) is 0 Å². The number of hydrogen-bond donors (Lipinski definition) is 3. The van der Waals surface area contributed by atoms with Gasteiger partial charge >= 0.3 is 5.69 Å². The number of carbonyl (C=O) groups is 1. The van der Waals surface area contributed by atoms with Crippen molar-refractivity contribution in [3.63, 3.8) is 0 Å². The van der Waals surface area contributed by atoms with E-state index in [4.69, 9.17) is 0 Å². The van der Waals surface area contributed by atoms with Gasteiger partial charge in [-0.25, -0.2) is 9.18 Å². The van der Waals surface area contributed by atoms with Gasteiger partial charge in [-0.05, 0) is 35.6 Å². The number of thiophene rings is 1. The van der Waals surface area contributed by atoms with Crippen molar-refractivity contribution in [2.24, 2.45) is 0 Å². The number of hydrogen-bond acceptors (Lipinski definition) is 5. The molecule has 0 amide bonds. The third kappa shape index (κ3) is 2.96. The SMILES string of the molecule is O=C1C[C@@H](c2cccs2)CC2=C1[C@H](c1ccc(F)cc1)c1c([nH]c(=O)[nH]c1=O)N2. The summed E-state index contributed by atoms with van der Waals surface area (Å²) in [4.78, 5) is 43.7. The van der Waals surface area contributed by atoms with Crippen molar-refractivity contribution in [1.82, 2.24) is 9.97 Å². The van der Waals surface area contributed by atoms with Crippen LogP contribution in [0.1, 0.15) is 40.7 Å². The molecule has 0 saturated heterocycles. The molecule has 3 heterocycles. The Hall–Kier alpha value is -3.26. The zero-order chi connectivity index (χ0) is 20.1. The second kappa shape index (κ2) is 6.66. The smallest absolute Gasteiger partial charge is 0.327 e. The third-order valence-electron chi connectivity index (χ3n) is 5.49. The lowest BCUT2D eigenvalue weighted by Gasteiger charge is -2.35. The fourth-order valence-electron chi connectivity index (χ4n) is 4.26. The average molecular weight is 409 g/mol. The topological polar surface area (TPSA) is 94.8 Å². The van der Waals surface area contributed by atoms with E-state index in [0.717, 1.165) is 4.88 Å². The molecule has 0 fully saturated rings. The number of Topliss-reactive ketones (excluding diaryl/α,β-unsaturated/α-hetero) is 1. The summed E-state index contributed by atoms with van der Waals surface area (Å²) in [5.74, 6) is -0.800. The molecule has 2 aliphatic rings. The van der Waals surface area contributed by atoms with Crippen molar-refractivity contribution >= 4 is 22.9 Å². The summed E-state index contributed by atoms with van der Waals surface area (Å²) in [6.07, 6.45) is 0.933. The average Bonchev–Trinajstić information content (AvgIpc) is 3.21. The highest BCUT2D eigenvalue weighted by Crippen LogP contribution is 2.46. The Morgan fingerprint density at radius 1 is 1.00 bits per heavy atom. The van der Waals surface area contributed by atoms with Gasteiger partial charge in [0.2, 0.25) is 0 Å². The molecule has 1 aliphatic carbocycles. The third-order valence-corrected chi connectivity index (χ3v) is 6.52. The fraction of sp³-hybridized carbons (Fsp3) is 0.190. The highest BCUT2D eigenvalue weighted by molar-refractivity contribution is 7.10. The van der Waals surface area contributed by atoms with Crippen LogP contribution in [0.4, 0.5) is 10.2 Å². The van der Waals surface area contributed by atoms with Crippen molar-refractivity contribution in [3.8, 4) is 0 Å². The zero-order valence-electron chi connectivity index (χ0n) is 15.1. The van der Waals surface area contributed by atoms with E-state index in [2.05, 4.69) is 15.3 Å². The predicted octanol–water partition coefficient (Wildman–Crippen LogP) is 3.22. The molecule has 5 rings (SSSR count). The lowest BCUT2D eigenvalue weighted by atomic mass is 9.74. The number of carbonyl (C=O) groups excluding carboxylic acids is 1. The zero-order valence-corrected chi connectivity index (χ0v) is 15.9. The highest BCUT2D eigenvalue weighted by atomic mass is 32.1. The number of rotatable bonds is 2. The van der Waals surface area contributed by atoms with Crippen LogP contribution in [0.3, 0.4) is 0 Å². The maximum Gasteiger partial charge on any atom is 0.327 e. The van der Waals surface area contributed by atoms with E-state index >= 15 is 0 Å². The van der Waals surface area contributed by atoms with Crippen molar-refractivity contribution < 1.29 is 9.18 Å². The van der Waals surface area contributed by atoms with Gasteiger partial charge in [-0.2, -0.15) is 0 Å². The van der Waals surface area contributed by atoms with Crippen molar-refractivity contribution in [2.45, 2.75) is 24.7 Å². The van der Waals surface area contributed by atoms with E-state index in [-0.39, 0.29) is 23.1 Å². The molecular formula is C21H16FN3O3S. The summed E-state index contributed by atoms with van der Waals surface area (Å²) >= 11 is 1.60. The van der Waals surface area contributed by atoms with Gasteiger partial charge in [-0.3, -0.25) is 19.6 Å². The number of allylic oxidation sites excluding steroid dienone is 2. The number of ketones is 1. The van der Waals surface area contributed by atoms with E-state index in [1.165, 1.54) is 12.1 Å². The quantitative estimate of drug-likeness (QED) is 0.606. The molecule has 146 valence electrons. The van der Waals surface area contributed by atoms with Crippen LogP contribution in [-0.4, -0.2) is 15.8 Å². The van der Waals surface area contributed by atoms with Gasteiger partial charge in [0, 0.05) is 34.4 Å². The predicted molar refractivity (Wildman–Crippen MR) is 108 cm³/mol. The van der Waals surface area contributed by atoms with Gasteiger partial charge in [-0.1, -0.05) is 18.2 Å². The lowest BCUT2D eigenvalue weighted by molar-refractivity contribution is -0.116. The summed E-state index contributed by atoms with van der Waals surface area (Å²) in [5.41, 5.74) is 0.905. The minimum atomic E-state index is -0.667. The second-order valence-electron chi connectivity index (χ2n) is 7.24. The molecule has 29 heavy (non-hydrogen) atoms. The van der Waals surface area contributed by atoms with Crippen LogP contribution in [0.2, 0.25) is 0 Å². The van der Waals surface area contributed by atoms with E-state index in [1.54, 1.807) is 23.5 Å². The maximum atomic E-state index is 13.5. The number of H-pyrrole nitrogens is 2. The summed E-state index contributed by atoms with van der Waals surface area (Å²) in [5, 5.41) is 5.11. The van der Waals surface area contributed by atoms with Crippen LogP contribution in [-0.2, 0) is 4.79 Å². The van der Waals surface area contributed by atoms with Gasteiger partial charge in [-0.15, -0.1) is 11.3 Å². The Morgan fingerprint density at radius 3 is 2.52 bits per heavy atom. The Labute approximate surface area is 168 Å². The van der Waals surface area contributed by atoms with Gasteiger partial charge in [0.25, 0.3) is 5.56 Å². The number of anilines is 1. The van der Waals surface area contributed by atoms with Crippen molar-refractivity contribution in [1.29, 1.82) is 0 Å². The standard InChI is InChI=1S/C21H16FN3O3S/c22-12-5-3-10(4-6-12)16-17-13(23-19-18(16)20(27)25-21(28)24-19)8-11(9-14(17)26)15-2-1-7-29-15/h1-7,11,16H,8-9H2,(H3,23,24,25,27,28)/t11-,16-/m0/s1. The number of aromatic nitrogens is 2. The minimum Gasteiger partial charge on any atom is -0.344 e. The van der Waals surface area contributed by atoms with Crippen LogP contribution in [0.15, 0.2) is 62.6 Å². The molecule has 0 spiro atoms. The summed E-state index contributed by atoms with van der Waals surface area (Å²) in [6, 6.07) is 9.72. The van der Waals surface area contributed by atoms with Gasteiger partial charge in [0.05, 0.1) is 5.56 Å². The van der Waals surface area contributed by atoms with Gasteiger partial charge in [0.1, 0.15) is 11.6 Å². The van der Waals surface area contributed by atoms with E-state index in [9.17, 15) is 18.8 Å². The largest absolute Gasteiger partial charge is 0.344 e. The molecule has 2 atom stereocenters. The number of benzene rings is 1. The number of nitrogens with one attached hydrogen (secondary N) is 3. The summed E-state index contributed by atoms with van der Waals surface area (Å²) in [6.45, 7) is 0. The molecule has 1 aromatic carbocycles. The molecule has 0 saturated carbocycles. The van der Waals surface area contributed by atoms with E-state index in [1.807, 2.05) is 17.5 Å². The monoisotopic (exact) mass is 409 g/mol. The molecule has 0 radical (unpaired) electrons. The first-order valence-corrected chi connectivity index (χ1v) is 10.1. The normalized spacial score (nSPS) is 20.8. The first-order chi connectivity index (χ1) is 14.0. The molecule has 0 bridgehead atoms. The van der Waals surface area contributed by atoms with Crippen LogP contribution in [0.25, 0.3) is 0 Å². The number of fused-ring (bicyclic) bond motifs is 1. The van der Waals surface area contributed by atoms with Crippen LogP contribution >= 0.6 is 11.3 Å². The van der Waals surface area contributed by atoms with E-state index < -0.39 is 23.0 Å². The maximum absolute atomic E-state index is 13.5. The Kier molecular flexibility index (Phi) is 4.09. The lowest BCUT2D eigenvalue weighted by Crippen LogP contribution is -2.37. The Bertz CT molecular complexity index is 1260.